The largest absolute Gasteiger partial charge is 0.316 e. The molecule has 0 aliphatic carbocycles. The quantitative estimate of drug-likeness (QED) is 0.682. The maximum atomic E-state index is 11.9. The molecule has 0 saturated carbocycles. The summed E-state index contributed by atoms with van der Waals surface area (Å²) in [5.74, 6) is 0.0523. The van der Waals surface area contributed by atoms with Gasteiger partial charge in [-0.1, -0.05) is 44.0 Å². The minimum atomic E-state index is -3.22. The van der Waals surface area contributed by atoms with Gasteiger partial charge in [0.2, 0.25) is 10.0 Å². The van der Waals surface area contributed by atoms with Gasteiger partial charge in [-0.25, -0.2) is 13.1 Å². The molecule has 1 aromatic rings. The van der Waals surface area contributed by atoms with Gasteiger partial charge < -0.3 is 5.32 Å². The summed E-state index contributed by atoms with van der Waals surface area (Å²) in [4.78, 5) is 0. The Morgan fingerprint density at radius 2 is 1.89 bits per heavy atom. The minimum Gasteiger partial charge on any atom is -0.316 e. The van der Waals surface area contributed by atoms with Crippen LogP contribution in [0.25, 0.3) is 0 Å². The lowest BCUT2D eigenvalue weighted by Gasteiger charge is -2.08. The van der Waals surface area contributed by atoms with Crippen molar-refractivity contribution in [2.45, 2.75) is 38.5 Å². The fourth-order valence-electron chi connectivity index (χ4n) is 1.91. The zero-order valence-electron chi connectivity index (χ0n) is 11.8. The first-order chi connectivity index (χ1) is 9.07. The second-order valence-corrected chi connectivity index (χ2v) is 6.52. The van der Waals surface area contributed by atoms with Crippen molar-refractivity contribution in [3.63, 3.8) is 0 Å². The topological polar surface area (TPSA) is 58.2 Å². The Kier molecular flexibility index (Phi) is 7.05. The molecule has 0 saturated heterocycles. The Hall–Kier alpha value is -0.910. The van der Waals surface area contributed by atoms with Gasteiger partial charge in [-0.2, -0.15) is 0 Å². The monoisotopic (exact) mass is 284 g/mol. The Balaban J connectivity index is 2.54. The lowest BCUT2D eigenvalue weighted by molar-refractivity contribution is 0.575. The number of hydrogen-bond acceptors (Lipinski definition) is 3. The SMILES string of the molecule is CCCCCNS(=O)(=O)Cc1cccc(CNC)c1. The second kappa shape index (κ2) is 8.30. The van der Waals surface area contributed by atoms with Gasteiger partial charge in [0.05, 0.1) is 5.75 Å². The predicted octanol–water partition coefficient (Wildman–Crippen LogP) is 2.02. The van der Waals surface area contributed by atoms with E-state index in [0.717, 1.165) is 36.9 Å². The minimum absolute atomic E-state index is 0.0523. The molecule has 0 fully saturated rings. The van der Waals surface area contributed by atoms with Crippen molar-refractivity contribution in [1.29, 1.82) is 0 Å². The molecule has 0 aromatic heterocycles. The summed E-state index contributed by atoms with van der Waals surface area (Å²) in [5, 5.41) is 3.06. The Bertz CT molecular complexity index is 472. The van der Waals surface area contributed by atoms with Gasteiger partial charge in [-0.15, -0.1) is 0 Å². The summed E-state index contributed by atoms with van der Waals surface area (Å²) in [6.07, 6.45) is 3.05. The molecule has 0 aliphatic rings. The standard InChI is InChI=1S/C14H24N2O2S/c1-3-4-5-9-16-19(17,18)12-14-8-6-7-13(10-14)11-15-2/h6-8,10,15-16H,3-5,9,11-12H2,1-2H3. The highest BCUT2D eigenvalue weighted by atomic mass is 32.2. The van der Waals surface area contributed by atoms with E-state index in [1.807, 2.05) is 31.3 Å². The Morgan fingerprint density at radius 3 is 2.58 bits per heavy atom. The molecular weight excluding hydrogens is 260 g/mol. The average Bonchev–Trinajstić information content (AvgIpc) is 2.35. The van der Waals surface area contributed by atoms with E-state index in [2.05, 4.69) is 17.0 Å². The lowest BCUT2D eigenvalue weighted by Crippen LogP contribution is -2.26. The lowest BCUT2D eigenvalue weighted by atomic mass is 10.1. The smallest absolute Gasteiger partial charge is 0.215 e. The highest BCUT2D eigenvalue weighted by Gasteiger charge is 2.10. The van der Waals surface area contributed by atoms with Crippen LogP contribution in [-0.2, 0) is 22.3 Å². The third-order valence-corrected chi connectivity index (χ3v) is 4.19. The summed E-state index contributed by atoms with van der Waals surface area (Å²) < 4.78 is 26.5. The van der Waals surface area contributed by atoms with Gasteiger partial charge in [0.15, 0.2) is 0 Å². The van der Waals surface area contributed by atoms with Crippen molar-refractivity contribution < 1.29 is 8.42 Å². The number of sulfonamides is 1. The first-order valence-corrected chi connectivity index (χ1v) is 8.42. The normalized spacial score (nSPS) is 11.7. The molecule has 19 heavy (non-hydrogen) atoms. The summed E-state index contributed by atoms with van der Waals surface area (Å²) >= 11 is 0. The van der Waals surface area contributed by atoms with Crippen LogP contribution >= 0.6 is 0 Å². The van der Waals surface area contributed by atoms with E-state index < -0.39 is 10.0 Å². The van der Waals surface area contributed by atoms with Crippen LogP contribution in [0.15, 0.2) is 24.3 Å². The summed E-state index contributed by atoms with van der Waals surface area (Å²) in [6.45, 7) is 3.38. The number of benzene rings is 1. The third-order valence-electron chi connectivity index (χ3n) is 2.83. The van der Waals surface area contributed by atoms with Gasteiger partial charge in [-0.05, 0) is 24.6 Å². The molecule has 2 N–H and O–H groups in total. The van der Waals surface area contributed by atoms with Gasteiger partial charge in [0, 0.05) is 13.1 Å². The molecule has 0 spiro atoms. The van der Waals surface area contributed by atoms with E-state index in [9.17, 15) is 8.42 Å². The van der Waals surface area contributed by atoms with Crippen LogP contribution in [0.5, 0.6) is 0 Å². The van der Waals surface area contributed by atoms with Crippen molar-refractivity contribution in [2.75, 3.05) is 13.6 Å². The number of hydrogen-bond donors (Lipinski definition) is 2. The van der Waals surface area contributed by atoms with E-state index in [1.165, 1.54) is 0 Å². The molecule has 0 atom stereocenters. The van der Waals surface area contributed by atoms with E-state index in [-0.39, 0.29) is 5.75 Å². The molecule has 0 bridgehead atoms. The van der Waals surface area contributed by atoms with Crippen molar-refractivity contribution >= 4 is 10.0 Å². The first-order valence-electron chi connectivity index (χ1n) is 6.77. The fraction of sp³-hybridized carbons (Fsp3) is 0.571. The number of unbranched alkanes of at least 4 members (excludes halogenated alkanes) is 2. The van der Waals surface area contributed by atoms with Gasteiger partial charge >= 0.3 is 0 Å². The zero-order valence-corrected chi connectivity index (χ0v) is 12.6. The van der Waals surface area contributed by atoms with Gasteiger partial charge in [-0.3, -0.25) is 0 Å². The first kappa shape index (κ1) is 16.1. The van der Waals surface area contributed by atoms with Crippen LogP contribution in [0, 0.1) is 0 Å². The molecule has 0 unspecified atom stereocenters. The molecule has 5 heteroatoms. The summed E-state index contributed by atoms with van der Waals surface area (Å²) in [7, 11) is -1.34. The van der Waals surface area contributed by atoms with E-state index in [4.69, 9.17) is 0 Å². The van der Waals surface area contributed by atoms with Gasteiger partial charge in [0.1, 0.15) is 0 Å². The van der Waals surface area contributed by atoms with E-state index >= 15 is 0 Å². The van der Waals surface area contributed by atoms with Crippen molar-refractivity contribution in [3.05, 3.63) is 35.4 Å². The number of nitrogens with one attached hydrogen (secondary N) is 2. The van der Waals surface area contributed by atoms with Crippen molar-refractivity contribution in [3.8, 4) is 0 Å². The van der Waals surface area contributed by atoms with Crippen molar-refractivity contribution in [1.82, 2.24) is 10.0 Å². The Morgan fingerprint density at radius 1 is 1.16 bits per heavy atom. The van der Waals surface area contributed by atoms with Crippen LogP contribution in [0.3, 0.4) is 0 Å². The molecule has 0 aliphatic heterocycles. The number of rotatable bonds is 9. The van der Waals surface area contributed by atoms with Crippen LogP contribution < -0.4 is 10.0 Å². The summed E-state index contributed by atoms with van der Waals surface area (Å²) in [5.41, 5.74) is 1.93. The van der Waals surface area contributed by atoms with E-state index in [0.29, 0.717) is 6.54 Å². The van der Waals surface area contributed by atoms with Crippen LogP contribution in [0.2, 0.25) is 0 Å². The highest BCUT2D eigenvalue weighted by Crippen LogP contribution is 2.08. The summed E-state index contributed by atoms with van der Waals surface area (Å²) in [6, 6.07) is 7.67. The molecule has 108 valence electrons. The molecule has 4 nitrogen and oxygen atoms in total. The molecule has 0 amide bonds. The van der Waals surface area contributed by atoms with Crippen LogP contribution in [0.4, 0.5) is 0 Å². The molecule has 0 heterocycles. The maximum absolute atomic E-state index is 11.9. The van der Waals surface area contributed by atoms with E-state index in [1.54, 1.807) is 0 Å². The van der Waals surface area contributed by atoms with Crippen molar-refractivity contribution in [2.24, 2.45) is 0 Å². The fourth-order valence-corrected chi connectivity index (χ4v) is 3.08. The van der Waals surface area contributed by atoms with Crippen LogP contribution in [-0.4, -0.2) is 22.0 Å². The third kappa shape index (κ3) is 6.71. The van der Waals surface area contributed by atoms with Gasteiger partial charge in [0.25, 0.3) is 0 Å². The average molecular weight is 284 g/mol. The molecule has 0 radical (unpaired) electrons. The predicted molar refractivity (Wildman–Crippen MR) is 79.4 cm³/mol. The second-order valence-electron chi connectivity index (χ2n) is 4.71. The molecule has 1 rings (SSSR count). The molecule has 1 aromatic carbocycles. The molecular formula is C14H24N2O2S. The highest BCUT2D eigenvalue weighted by molar-refractivity contribution is 7.88. The zero-order chi connectivity index (χ0) is 14.1. The van der Waals surface area contributed by atoms with Crippen LogP contribution in [0.1, 0.15) is 37.3 Å². The Labute approximate surface area is 116 Å². The maximum Gasteiger partial charge on any atom is 0.215 e.